The largest absolute Gasteiger partial charge is 0.497 e. The molecule has 7 nitrogen and oxygen atoms in total. The fourth-order valence-electron chi connectivity index (χ4n) is 4.59. The Morgan fingerprint density at radius 1 is 1.00 bits per heavy atom. The number of nitrogens with zero attached hydrogens (tertiary/aromatic N) is 2. The van der Waals surface area contributed by atoms with Crippen molar-refractivity contribution in [3.05, 3.63) is 53.1 Å². The summed E-state index contributed by atoms with van der Waals surface area (Å²) in [5, 5.41) is 0.464. The SMILES string of the molecule is COc1ccc(OC)c([C@H]2CN(S(=O)(=O)c3ccc(Cl)cc3)C[C@H]2C(=O)N2CCCC2)c1. The van der Waals surface area contributed by atoms with E-state index >= 15 is 0 Å². The van der Waals surface area contributed by atoms with Gasteiger partial charge in [-0.1, -0.05) is 11.6 Å². The summed E-state index contributed by atoms with van der Waals surface area (Å²) in [4.78, 5) is 15.5. The maximum atomic E-state index is 13.5. The van der Waals surface area contributed by atoms with Gasteiger partial charge in [-0.25, -0.2) is 8.42 Å². The molecule has 1 amide bonds. The summed E-state index contributed by atoms with van der Waals surface area (Å²) in [5.74, 6) is 0.380. The van der Waals surface area contributed by atoms with E-state index in [4.69, 9.17) is 21.1 Å². The van der Waals surface area contributed by atoms with Gasteiger partial charge in [0.1, 0.15) is 11.5 Å². The minimum Gasteiger partial charge on any atom is -0.497 e. The van der Waals surface area contributed by atoms with E-state index in [1.54, 1.807) is 38.5 Å². The highest BCUT2D eigenvalue weighted by atomic mass is 35.5. The molecule has 9 heteroatoms. The van der Waals surface area contributed by atoms with Crippen LogP contribution in [-0.2, 0) is 14.8 Å². The van der Waals surface area contributed by atoms with Gasteiger partial charge in [0.15, 0.2) is 0 Å². The van der Waals surface area contributed by atoms with Crippen molar-refractivity contribution in [2.75, 3.05) is 40.4 Å². The smallest absolute Gasteiger partial charge is 0.243 e. The van der Waals surface area contributed by atoms with Gasteiger partial charge < -0.3 is 14.4 Å². The third kappa shape index (κ3) is 4.31. The lowest BCUT2D eigenvalue weighted by Crippen LogP contribution is -2.37. The lowest BCUT2D eigenvalue weighted by molar-refractivity contribution is -0.134. The van der Waals surface area contributed by atoms with Crippen molar-refractivity contribution in [2.45, 2.75) is 23.7 Å². The molecule has 0 unspecified atom stereocenters. The van der Waals surface area contributed by atoms with Crippen LogP contribution in [-0.4, -0.2) is 63.9 Å². The highest BCUT2D eigenvalue weighted by Gasteiger charge is 2.46. The molecule has 0 spiro atoms. The molecule has 0 radical (unpaired) electrons. The normalized spacial score (nSPS) is 21.7. The number of benzene rings is 2. The third-order valence-electron chi connectivity index (χ3n) is 6.31. The second-order valence-corrected chi connectivity index (χ2v) is 10.5. The molecule has 0 bridgehead atoms. The number of hydrogen-bond donors (Lipinski definition) is 0. The van der Waals surface area contributed by atoms with E-state index in [0.717, 1.165) is 18.4 Å². The Labute approximate surface area is 193 Å². The summed E-state index contributed by atoms with van der Waals surface area (Å²) in [6, 6.07) is 11.5. The molecule has 2 aliphatic heterocycles. The summed E-state index contributed by atoms with van der Waals surface area (Å²) in [6.07, 6.45) is 1.94. The van der Waals surface area contributed by atoms with Crippen LogP contribution >= 0.6 is 11.6 Å². The molecule has 32 heavy (non-hydrogen) atoms. The number of halogens is 1. The first kappa shape index (κ1) is 22.9. The lowest BCUT2D eigenvalue weighted by Gasteiger charge is -2.25. The highest BCUT2D eigenvalue weighted by Crippen LogP contribution is 2.42. The van der Waals surface area contributed by atoms with Crippen LogP contribution in [0.5, 0.6) is 11.5 Å². The number of sulfonamides is 1. The fourth-order valence-corrected chi connectivity index (χ4v) is 6.20. The first-order chi connectivity index (χ1) is 15.3. The van der Waals surface area contributed by atoms with Crippen LogP contribution in [0.25, 0.3) is 0 Å². The maximum Gasteiger partial charge on any atom is 0.243 e. The first-order valence-electron chi connectivity index (χ1n) is 10.6. The standard InChI is InChI=1S/C23H27ClN2O5S/c1-30-17-7-10-22(31-2)19(13-17)20-14-26(15-21(20)23(27)25-11-3-4-12-25)32(28,29)18-8-5-16(24)6-9-18/h5-10,13,20-21H,3-4,11-12,14-15H2,1-2H3/t20-,21-/m1/s1. The van der Waals surface area contributed by atoms with Crippen LogP contribution in [0.3, 0.4) is 0 Å². The second-order valence-electron chi connectivity index (χ2n) is 8.13. The van der Waals surface area contributed by atoms with Crippen molar-refractivity contribution in [3.63, 3.8) is 0 Å². The molecule has 0 aliphatic carbocycles. The van der Waals surface area contributed by atoms with Crippen molar-refractivity contribution >= 4 is 27.5 Å². The number of rotatable bonds is 6. The number of methoxy groups -OCH3 is 2. The van der Waals surface area contributed by atoms with E-state index in [1.165, 1.54) is 16.4 Å². The quantitative estimate of drug-likeness (QED) is 0.636. The number of ether oxygens (including phenoxy) is 2. The second kappa shape index (κ2) is 9.29. The van der Waals surface area contributed by atoms with E-state index in [-0.39, 0.29) is 29.8 Å². The van der Waals surface area contributed by atoms with Crippen LogP contribution in [0.4, 0.5) is 0 Å². The van der Waals surface area contributed by atoms with Gasteiger partial charge in [-0.15, -0.1) is 0 Å². The molecule has 2 fully saturated rings. The minimum atomic E-state index is -3.79. The van der Waals surface area contributed by atoms with Crippen molar-refractivity contribution in [2.24, 2.45) is 5.92 Å². The van der Waals surface area contributed by atoms with Gasteiger partial charge in [0.05, 0.1) is 25.0 Å². The topological polar surface area (TPSA) is 76.1 Å². The van der Waals surface area contributed by atoms with Gasteiger partial charge in [0.2, 0.25) is 15.9 Å². The predicted octanol–water partition coefficient (Wildman–Crippen LogP) is 3.38. The van der Waals surface area contributed by atoms with Gasteiger partial charge in [-0.05, 0) is 55.3 Å². The van der Waals surface area contributed by atoms with Crippen LogP contribution in [0.2, 0.25) is 5.02 Å². The predicted molar refractivity (Wildman–Crippen MR) is 122 cm³/mol. The highest BCUT2D eigenvalue weighted by molar-refractivity contribution is 7.89. The molecule has 0 aromatic heterocycles. The summed E-state index contributed by atoms with van der Waals surface area (Å²) < 4.78 is 39.1. The van der Waals surface area contributed by atoms with Crippen LogP contribution in [0.1, 0.15) is 24.3 Å². The molecular weight excluding hydrogens is 452 g/mol. The van der Waals surface area contributed by atoms with E-state index < -0.39 is 15.9 Å². The number of likely N-dealkylation sites (tertiary alicyclic amines) is 1. The van der Waals surface area contributed by atoms with Crippen LogP contribution < -0.4 is 9.47 Å². The molecule has 4 rings (SSSR count). The fraction of sp³-hybridized carbons (Fsp3) is 0.435. The first-order valence-corrected chi connectivity index (χ1v) is 12.4. The molecular formula is C23H27ClN2O5S. The average Bonchev–Trinajstić information content (AvgIpc) is 3.49. The Kier molecular flexibility index (Phi) is 6.65. The molecule has 2 atom stereocenters. The molecule has 2 aromatic carbocycles. The molecule has 2 saturated heterocycles. The van der Waals surface area contributed by atoms with Gasteiger partial charge >= 0.3 is 0 Å². The maximum absolute atomic E-state index is 13.5. The Hall–Kier alpha value is -2.29. The molecule has 2 aliphatic rings. The van der Waals surface area contributed by atoms with E-state index in [1.807, 2.05) is 11.0 Å². The molecule has 2 heterocycles. The number of hydrogen-bond acceptors (Lipinski definition) is 5. The van der Waals surface area contributed by atoms with E-state index in [2.05, 4.69) is 0 Å². The van der Waals surface area contributed by atoms with Crippen molar-refractivity contribution in [1.29, 1.82) is 0 Å². The summed E-state index contributed by atoms with van der Waals surface area (Å²) in [5.41, 5.74) is 0.776. The molecule has 0 saturated carbocycles. The summed E-state index contributed by atoms with van der Waals surface area (Å²) >= 11 is 5.94. The van der Waals surface area contributed by atoms with Gasteiger partial charge in [0.25, 0.3) is 0 Å². The third-order valence-corrected chi connectivity index (χ3v) is 8.41. The Morgan fingerprint density at radius 2 is 1.69 bits per heavy atom. The summed E-state index contributed by atoms with van der Waals surface area (Å²) in [7, 11) is -0.647. The molecule has 172 valence electrons. The zero-order valence-corrected chi connectivity index (χ0v) is 19.7. The zero-order chi connectivity index (χ0) is 22.9. The molecule has 0 N–H and O–H groups in total. The van der Waals surface area contributed by atoms with Crippen LogP contribution in [0.15, 0.2) is 47.4 Å². The number of carbonyl (C=O) groups is 1. The zero-order valence-electron chi connectivity index (χ0n) is 18.2. The van der Waals surface area contributed by atoms with E-state index in [0.29, 0.717) is 29.6 Å². The average molecular weight is 479 g/mol. The Morgan fingerprint density at radius 3 is 2.31 bits per heavy atom. The lowest BCUT2D eigenvalue weighted by atomic mass is 9.87. The Bertz CT molecular complexity index is 1080. The summed E-state index contributed by atoms with van der Waals surface area (Å²) in [6.45, 7) is 1.71. The number of carbonyl (C=O) groups excluding carboxylic acids is 1. The van der Waals surface area contributed by atoms with Crippen molar-refractivity contribution in [1.82, 2.24) is 9.21 Å². The Balaban J connectivity index is 1.73. The van der Waals surface area contributed by atoms with Gasteiger partial charge in [-0.2, -0.15) is 4.31 Å². The van der Waals surface area contributed by atoms with Gasteiger partial charge in [-0.3, -0.25) is 4.79 Å². The van der Waals surface area contributed by atoms with Crippen LogP contribution in [0, 0.1) is 5.92 Å². The minimum absolute atomic E-state index is 0.00817. The molecule has 2 aromatic rings. The van der Waals surface area contributed by atoms with Crippen molar-refractivity contribution in [3.8, 4) is 11.5 Å². The van der Waals surface area contributed by atoms with Gasteiger partial charge in [0, 0.05) is 42.7 Å². The monoisotopic (exact) mass is 478 g/mol. The van der Waals surface area contributed by atoms with E-state index in [9.17, 15) is 13.2 Å². The number of amides is 1. The van der Waals surface area contributed by atoms with Crippen molar-refractivity contribution < 1.29 is 22.7 Å².